The Hall–Kier alpha value is -2.29. The first kappa shape index (κ1) is 21.4. The molecule has 1 fully saturated rings. The number of benzene rings is 1. The van der Waals surface area contributed by atoms with E-state index in [-0.39, 0.29) is 30.3 Å². The molecule has 5 nitrogen and oxygen atoms in total. The molecular weight excluding hydrogens is 368 g/mol. The van der Waals surface area contributed by atoms with Gasteiger partial charge in [-0.05, 0) is 31.2 Å². The number of aliphatic carboxylic acids is 1. The van der Waals surface area contributed by atoms with Crippen LogP contribution in [-0.2, 0) is 11.2 Å². The third-order valence-corrected chi connectivity index (χ3v) is 6.04. The minimum Gasteiger partial charge on any atom is -0.489 e. The van der Waals surface area contributed by atoms with Crippen LogP contribution in [-0.4, -0.2) is 39.6 Å². The molecule has 0 spiro atoms. The van der Waals surface area contributed by atoms with Crippen molar-refractivity contribution in [3.8, 4) is 17.6 Å². The molecule has 29 heavy (non-hydrogen) atoms. The van der Waals surface area contributed by atoms with Gasteiger partial charge in [-0.3, -0.25) is 4.79 Å². The first-order chi connectivity index (χ1) is 13.9. The lowest BCUT2D eigenvalue weighted by Gasteiger charge is -2.19. The Bertz CT molecular complexity index is 818. The number of hydrogen-bond donors (Lipinski definition) is 3. The van der Waals surface area contributed by atoms with Crippen LogP contribution in [0.4, 0.5) is 0 Å². The minimum atomic E-state index is -0.790. The van der Waals surface area contributed by atoms with E-state index in [1.807, 2.05) is 31.2 Å². The molecule has 1 aliphatic carbocycles. The fraction of sp³-hybridized carbons (Fsp3) is 0.542. The van der Waals surface area contributed by atoms with E-state index in [2.05, 4.69) is 11.8 Å². The molecule has 1 aromatic rings. The highest BCUT2D eigenvalue weighted by Gasteiger charge is 2.48. The maximum Gasteiger partial charge on any atom is 0.303 e. The van der Waals surface area contributed by atoms with Crippen LogP contribution in [0, 0.1) is 23.7 Å². The number of para-hydroxylation sites is 1. The molecule has 0 aromatic heterocycles. The van der Waals surface area contributed by atoms with Gasteiger partial charge in [0.2, 0.25) is 0 Å². The van der Waals surface area contributed by atoms with Crippen LogP contribution in [0.15, 0.2) is 30.4 Å². The lowest BCUT2D eigenvalue weighted by Crippen LogP contribution is -2.19. The number of carboxylic acid groups (broad SMARTS) is 1. The number of ether oxygens (including phenoxy) is 1. The van der Waals surface area contributed by atoms with Crippen molar-refractivity contribution in [1.29, 1.82) is 0 Å². The van der Waals surface area contributed by atoms with Crippen LogP contribution in [0.2, 0.25) is 0 Å². The topological polar surface area (TPSA) is 87.0 Å². The average molecular weight is 398 g/mol. The van der Waals surface area contributed by atoms with Crippen LogP contribution in [0.1, 0.15) is 56.6 Å². The summed E-state index contributed by atoms with van der Waals surface area (Å²) in [6.07, 6.45) is 5.07. The predicted molar refractivity (Wildman–Crippen MR) is 111 cm³/mol. The molecule has 1 aliphatic heterocycles. The Morgan fingerprint density at radius 2 is 2.21 bits per heavy atom. The molecular formula is C24H30O5. The van der Waals surface area contributed by atoms with Gasteiger partial charge in [0.15, 0.2) is 0 Å². The second-order valence-electron chi connectivity index (χ2n) is 8.13. The SMILES string of the molecule is CC#CC[C@@H](C)[C@@H](O)/C=C/[C@@H]1[C@H]2c3cccc(CCCC(=O)O)c3O[C@H]2C[C@H]1O. The molecule has 2 aliphatic rings. The van der Waals surface area contributed by atoms with E-state index < -0.39 is 18.2 Å². The second kappa shape index (κ2) is 9.47. The first-order valence-electron chi connectivity index (χ1n) is 10.4. The monoisotopic (exact) mass is 398 g/mol. The summed E-state index contributed by atoms with van der Waals surface area (Å²) in [7, 11) is 0. The summed E-state index contributed by atoms with van der Waals surface area (Å²) in [6, 6.07) is 6.01. The number of aryl methyl sites for hydroxylation is 1. The van der Waals surface area contributed by atoms with Gasteiger partial charge in [-0.15, -0.1) is 11.8 Å². The molecule has 3 N–H and O–H groups in total. The summed E-state index contributed by atoms with van der Waals surface area (Å²) in [5.41, 5.74) is 2.11. The molecule has 0 saturated heterocycles. The number of aliphatic hydroxyl groups is 2. The molecule has 1 aromatic carbocycles. The number of fused-ring (bicyclic) bond motifs is 3. The van der Waals surface area contributed by atoms with E-state index in [1.54, 1.807) is 13.0 Å². The summed E-state index contributed by atoms with van der Waals surface area (Å²) >= 11 is 0. The Kier molecular flexibility index (Phi) is 7.00. The summed E-state index contributed by atoms with van der Waals surface area (Å²) in [4.78, 5) is 10.8. The smallest absolute Gasteiger partial charge is 0.303 e. The standard InChI is InChI=1S/C24H30O5/c1-3-4-7-15(2)19(25)13-12-17-20(26)14-21-23(17)18-10-5-8-16(24(18)29-21)9-6-11-22(27)28/h5,8,10,12-13,15,17,19-21,23,25-26H,6-7,9,11,14H2,1-2H3,(H,27,28)/b13-12+/t15-,17+,19+,20-,21+,23+/m1/s1. The highest BCUT2D eigenvalue weighted by molar-refractivity contribution is 5.66. The van der Waals surface area contributed by atoms with E-state index in [0.717, 1.165) is 16.9 Å². The maximum atomic E-state index is 10.8. The van der Waals surface area contributed by atoms with Crippen LogP contribution in [0.25, 0.3) is 0 Å². The Balaban J connectivity index is 1.75. The molecule has 5 heteroatoms. The lowest BCUT2D eigenvalue weighted by molar-refractivity contribution is -0.137. The first-order valence-corrected chi connectivity index (χ1v) is 10.4. The summed E-state index contributed by atoms with van der Waals surface area (Å²) < 4.78 is 6.21. The fourth-order valence-corrected chi connectivity index (χ4v) is 4.41. The van der Waals surface area contributed by atoms with Crippen molar-refractivity contribution < 1.29 is 24.9 Å². The fourth-order valence-electron chi connectivity index (χ4n) is 4.41. The van der Waals surface area contributed by atoms with Crippen LogP contribution in [0.5, 0.6) is 5.75 Å². The molecule has 6 atom stereocenters. The summed E-state index contributed by atoms with van der Waals surface area (Å²) in [5.74, 6) is 5.87. The highest BCUT2D eigenvalue weighted by Crippen LogP contribution is 2.52. The molecule has 0 unspecified atom stereocenters. The van der Waals surface area contributed by atoms with Crippen LogP contribution in [0.3, 0.4) is 0 Å². The van der Waals surface area contributed by atoms with E-state index in [0.29, 0.717) is 25.7 Å². The van der Waals surface area contributed by atoms with Crippen molar-refractivity contribution in [1.82, 2.24) is 0 Å². The van der Waals surface area contributed by atoms with Gasteiger partial charge in [0, 0.05) is 36.7 Å². The number of carboxylic acids is 1. The predicted octanol–water partition coefficient (Wildman–Crippen LogP) is 3.29. The molecule has 156 valence electrons. The van der Waals surface area contributed by atoms with Gasteiger partial charge in [-0.25, -0.2) is 0 Å². The molecule has 0 bridgehead atoms. The van der Waals surface area contributed by atoms with E-state index >= 15 is 0 Å². The third-order valence-electron chi connectivity index (χ3n) is 6.04. The number of aliphatic hydroxyl groups excluding tert-OH is 2. The zero-order valence-electron chi connectivity index (χ0n) is 17.0. The molecule has 1 heterocycles. The van der Waals surface area contributed by atoms with Crippen molar-refractivity contribution in [3.05, 3.63) is 41.5 Å². The largest absolute Gasteiger partial charge is 0.489 e. The van der Waals surface area contributed by atoms with Gasteiger partial charge in [-0.1, -0.05) is 37.3 Å². The Morgan fingerprint density at radius 1 is 1.41 bits per heavy atom. The number of hydrogen-bond acceptors (Lipinski definition) is 4. The van der Waals surface area contributed by atoms with Crippen molar-refractivity contribution in [3.63, 3.8) is 0 Å². The third kappa shape index (κ3) is 4.83. The van der Waals surface area contributed by atoms with E-state index in [9.17, 15) is 15.0 Å². The van der Waals surface area contributed by atoms with Gasteiger partial charge >= 0.3 is 5.97 Å². The molecule has 0 amide bonds. The average Bonchev–Trinajstić information content (AvgIpc) is 3.19. The Labute approximate surface area is 172 Å². The van der Waals surface area contributed by atoms with E-state index in [4.69, 9.17) is 9.84 Å². The van der Waals surface area contributed by atoms with Gasteiger partial charge in [0.05, 0.1) is 12.2 Å². The summed E-state index contributed by atoms with van der Waals surface area (Å²) in [5, 5.41) is 29.9. The lowest BCUT2D eigenvalue weighted by atomic mass is 9.86. The quantitative estimate of drug-likeness (QED) is 0.462. The number of carbonyl (C=O) groups is 1. The molecule has 3 rings (SSSR count). The van der Waals surface area contributed by atoms with Crippen molar-refractivity contribution in [2.75, 3.05) is 0 Å². The van der Waals surface area contributed by atoms with Gasteiger partial charge in [0.1, 0.15) is 11.9 Å². The molecule has 0 radical (unpaired) electrons. The van der Waals surface area contributed by atoms with Gasteiger partial charge < -0.3 is 20.1 Å². The highest BCUT2D eigenvalue weighted by atomic mass is 16.5. The van der Waals surface area contributed by atoms with Crippen LogP contribution < -0.4 is 4.74 Å². The Morgan fingerprint density at radius 3 is 2.93 bits per heavy atom. The summed E-state index contributed by atoms with van der Waals surface area (Å²) in [6.45, 7) is 3.75. The number of rotatable bonds is 8. The van der Waals surface area contributed by atoms with Crippen molar-refractivity contribution in [2.24, 2.45) is 11.8 Å². The van der Waals surface area contributed by atoms with Crippen molar-refractivity contribution in [2.45, 2.75) is 70.2 Å². The zero-order chi connectivity index (χ0) is 21.0. The normalized spacial score (nSPS) is 26.9. The maximum absolute atomic E-state index is 10.8. The van der Waals surface area contributed by atoms with Crippen molar-refractivity contribution >= 4 is 5.97 Å². The van der Waals surface area contributed by atoms with Gasteiger partial charge in [0.25, 0.3) is 0 Å². The second-order valence-corrected chi connectivity index (χ2v) is 8.13. The van der Waals surface area contributed by atoms with Gasteiger partial charge in [-0.2, -0.15) is 0 Å². The minimum absolute atomic E-state index is 0.0287. The van der Waals surface area contributed by atoms with Crippen LogP contribution >= 0.6 is 0 Å². The van der Waals surface area contributed by atoms with E-state index in [1.165, 1.54) is 0 Å². The zero-order valence-corrected chi connectivity index (χ0v) is 17.0. The molecule has 1 saturated carbocycles.